The number of hydrogen-bond donors (Lipinski definition) is 0. The lowest BCUT2D eigenvalue weighted by atomic mass is 10.1. The minimum atomic E-state index is -0.258. The molecule has 2 aromatic carbocycles. The molecule has 1 amide bonds. The van der Waals surface area contributed by atoms with Gasteiger partial charge in [0, 0.05) is 43.6 Å². The molecule has 8 heteroatoms. The number of amides is 1. The van der Waals surface area contributed by atoms with E-state index in [-0.39, 0.29) is 6.09 Å². The van der Waals surface area contributed by atoms with Gasteiger partial charge < -0.3 is 23.8 Å². The second-order valence-electron chi connectivity index (χ2n) is 8.27. The summed E-state index contributed by atoms with van der Waals surface area (Å²) in [6.45, 7) is 7.33. The Balaban J connectivity index is 1.57. The van der Waals surface area contributed by atoms with E-state index in [1.807, 2.05) is 56.3 Å². The van der Waals surface area contributed by atoms with Gasteiger partial charge in [-0.3, -0.25) is 0 Å². The summed E-state index contributed by atoms with van der Waals surface area (Å²) in [6.07, 6.45) is 3.49. The van der Waals surface area contributed by atoms with Crippen molar-refractivity contribution in [3.8, 4) is 22.6 Å². The molecule has 1 fully saturated rings. The van der Waals surface area contributed by atoms with E-state index in [9.17, 15) is 4.79 Å². The van der Waals surface area contributed by atoms with Crippen LogP contribution in [0.15, 0.2) is 67.1 Å². The van der Waals surface area contributed by atoms with Crippen molar-refractivity contribution in [1.82, 2.24) is 19.4 Å². The molecule has 4 aromatic rings. The number of hydrogen-bond acceptors (Lipinski definition) is 6. The average molecular weight is 472 g/mol. The third kappa shape index (κ3) is 4.51. The first-order valence-corrected chi connectivity index (χ1v) is 12.0. The molecule has 0 saturated carbocycles. The minimum absolute atomic E-state index is 0.258. The largest absolute Gasteiger partial charge is 0.494 e. The third-order valence-corrected chi connectivity index (χ3v) is 6.18. The molecule has 0 bridgehead atoms. The Labute approximate surface area is 204 Å². The number of ether oxygens (including phenoxy) is 2. The molecule has 1 aliphatic heterocycles. The predicted molar refractivity (Wildman–Crippen MR) is 136 cm³/mol. The summed E-state index contributed by atoms with van der Waals surface area (Å²) >= 11 is 0. The Hall–Kier alpha value is -4.07. The van der Waals surface area contributed by atoms with Crippen LogP contribution in [0.4, 0.5) is 10.6 Å². The number of rotatable bonds is 6. The Morgan fingerprint density at radius 1 is 0.914 bits per heavy atom. The first-order valence-electron chi connectivity index (χ1n) is 12.0. The van der Waals surface area contributed by atoms with Crippen molar-refractivity contribution in [1.29, 1.82) is 0 Å². The minimum Gasteiger partial charge on any atom is -0.494 e. The van der Waals surface area contributed by atoms with E-state index in [4.69, 9.17) is 19.4 Å². The molecule has 3 heterocycles. The first-order chi connectivity index (χ1) is 17.2. The van der Waals surface area contributed by atoms with E-state index in [0.29, 0.717) is 39.4 Å². The lowest BCUT2D eigenvalue weighted by Crippen LogP contribution is -2.49. The van der Waals surface area contributed by atoms with Crippen LogP contribution in [0.3, 0.4) is 0 Å². The number of carbonyl (C=O) groups is 1. The van der Waals surface area contributed by atoms with Gasteiger partial charge in [0.1, 0.15) is 17.9 Å². The molecule has 0 atom stereocenters. The highest BCUT2D eigenvalue weighted by molar-refractivity contribution is 6.02. The summed E-state index contributed by atoms with van der Waals surface area (Å²) in [5, 5.41) is 0.997. The highest BCUT2D eigenvalue weighted by Gasteiger charge is 2.26. The highest BCUT2D eigenvalue weighted by Crippen LogP contribution is 2.37. The van der Waals surface area contributed by atoms with Gasteiger partial charge in [0.05, 0.1) is 18.6 Å². The molecule has 180 valence electrons. The number of aromatic nitrogens is 3. The van der Waals surface area contributed by atoms with Gasteiger partial charge in [-0.25, -0.2) is 14.8 Å². The second-order valence-corrected chi connectivity index (χ2v) is 8.27. The van der Waals surface area contributed by atoms with Gasteiger partial charge in [0.2, 0.25) is 0 Å². The number of carbonyl (C=O) groups excluding carboxylic acids is 1. The van der Waals surface area contributed by atoms with Crippen LogP contribution in [0.2, 0.25) is 0 Å². The molecule has 5 rings (SSSR count). The maximum atomic E-state index is 12.2. The van der Waals surface area contributed by atoms with Crippen molar-refractivity contribution in [2.45, 2.75) is 13.8 Å². The monoisotopic (exact) mass is 471 g/mol. The summed E-state index contributed by atoms with van der Waals surface area (Å²) in [6, 6.07) is 18.3. The molecule has 0 spiro atoms. The molecular weight excluding hydrogens is 442 g/mol. The fourth-order valence-corrected chi connectivity index (χ4v) is 4.50. The Morgan fingerprint density at radius 2 is 1.66 bits per heavy atom. The molecule has 0 aliphatic carbocycles. The fraction of sp³-hybridized carbons (Fsp3) is 0.296. The van der Waals surface area contributed by atoms with Crippen molar-refractivity contribution in [2.24, 2.45) is 0 Å². The van der Waals surface area contributed by atoms with E-state index >= 15 is 0 Å². The summed E-state index contributed by atoms with van der Waals surface area (Å²) in [4.78, 5) is 25.6. The van der Waals surface area contributed by atoms with Gasteiger partial charge >= 0.3 is 6.09 Å². The van der Waals surface area contributed by atoms with Crippen molar-refractivity contribution >= 4 is 22.9 Å². The fourth-order valence-electron chi connectivity index (χ4n) is 4.50. The zero-order valence-corrected chi connectivity index (χ0v) is 20.1. The Kier molecular flexibility index (Phi) is 6.52. The van der Waals surface area contributed by atoms with Crippen LogP contribution in [0.25, 0.3) is 27.8 Å². The van der Waals surface area contributed by atoms with E-state index in [1.165, 1.54) is 0 Å². The van der Waals surface area contributed by atoms with Gasteiger partial charge in [-0.15, -0.1) is 0 Å². The molecule has 0 N–H and O–H groups in total. The Bertz CT molecular complexity index is 1300. The quantitative estimate of drug-likeness (QED) is 0.404. The summed E-state index contributed by atoms with van der Waals surface area (Å²) in [5.41, 5.74) is 4.00. The lowest BCUT2D eigenvalue weighted by Gasteiger charge is -2.35. The molecule has 8 nitrogen and oxygen atoms in total. The van der Waals surface area contributed by atoms with E-state index < -0.39 is 0 Å². The maximum absolute atomic E-state index is 12.2. The van der Waals surface area contributed by atoms with Crippen molar-refractivity contribution < 1.29 is 14.3 Å². The van der Waals surface area contributed by atoms with Crippen LogP contribution in [-0.4, -0.2) is 64.9 Å². The molecule has 1 saturated heterocycles. The molecular formula is C27H29N5O3. The van der Waals surface area contributed by atoms with Crippen LogP contribution in [0.1, 0.15) is 13.8 Å². The summed E-state index contributed by atoms with van der Waals surface area (Å²) in [7, 11) is 0. The van der Waals surface area contributed by atoms with Crippen LogP contribution < -0.4 is 9.64 Å². The number of anilines is 1. The van der Waals surface area contributed by atoms with E-state index in [0.717, 1.165) is 39.4 Å². The van der Waals surface area contributed by atoms with Crippen LogP contribution in [-0.2, 0) is 4.74 Å². The van der Waals surface area contributed by atoms with Gasteiger partial charge in [-0.2, -0.15) is 0 Å². The van der Waals surface area contributed by atoms with Crippen LogP contribution in [0, 0.1) is 0 Å². The smallest absolute Gasteiger partial charge is 0.409 e. The summed E-state index contributed by atoms with van der Waals surface area (Å²) in [5.74, 6) is 1.72. The highest BCUT2D eigenvalue weighted by atomic mass is 16.6. The molecule has 0 radical (unpaired) electrons. The van der Waals surface area contributed by atoms with Crippen LogP contribution >= 0.6 is 0 Å². The zero-order chi connectivity index (χ0) is 24.2. The zero-order valence-electron chi connectivity index (χ0n) is 20.1. The van der Waals surface area contributed by atoms with Crippen molar-refractivity contribution in [2.75, 3.05) is 44.3 Å². The number of piperazine rings is 1. The van der Waals surface area contributed by atoms with Crippen LogP contribution in [0.5, 0.6) is 5.75 Å². The number of nitrogens with zero attached hydrogens (tertiary/aromatic N) is 5. The average Bonchev–Trinajstić information content (AvgIpc) is 3.30. The molecule has 1 aliphatic rings. The van der Waals surface area contributed by atoms with E-state index in [2.05, 4.69) is 27.8 Å². The van der Waals surface area contributed by atoms with E-state index in [1.54, 1.807) is 11.2 Å². The van der Waals surface area contributed by atoms with Gasteiger partial charge in [-0.05, 0) is 43.7 Å². The molecule has 2 aromatic heterocycles. The second kappa shape index (κ2) is 10.0. The van der Waals surface area contributed by atoms with Crippen molar-refractivity contribution in [3.63, 3.8) is 0 Å². The van der Waals surface area contributed by atoms with Gasteiger partial charge in [0.25, 0.3) is 0 Å². The van der Waals surface area contributed by atoms with Crippen molar-refractivity contribution in [3.05, 3.63) is 67.1 Å². The maximum Gasteiger partial charge on any atom is 0.409 e. The SMILES string of the molecule is CCOC(=O)N1CCN(c2ncnc3c2c(-c2ccccc2)cn3-c2ccc(OCC)cc2)CC1. The standard InChI is InChI=1S/C27H29N5O3/c1-3-34-22-12-10-21(11-13-22)32-18-23(20-8-6-5-7-9-20)24-25(28-19-29-26(24)32)30-14-16-31(17-15-30)27(33)35-4-2/h5-13,18-19H,3-4,14-17H2,1-2H3. The summed E-state index contributed by atoms with van der Waals surface area (Å²) < 4.78 is 12.9. The van der Waals surface area contributed by atoms with Gasteiger partial charge in [0.15, 0.2) is 5.65 Å². The molecule has 35 heavy (non-hydrogen) atoms. The molecule has 0 unspecified atom stereocenters. The third-order valence-electron chi connectivity index (χ3n) is 6.18. The number of benzene rings is 2. The normalized spacial score (nSPS) is 13.8. The van der Waals surface area contributed by atoms with Gasteiger partial charge in [-0.1, -0.05) is 30.3 Å². The predicted octanol–water partition coefficient (Wildman–Crippen LogP) is 4.76. The Morgan fingerprint density at radius 3 is 2.34 bits per heavy atom. The topological polar surface area (TPSA) is 72.7 Å². The lowest BCUT2D eigenvalue weighted by molar-refractivity contribution is 0.105. The first kappa shape index (κ1) is 22.7. The number of fused-ring (bicyclic) bond motifs is 1.